The minimum absolute atomic E-state index is 0.705. The van der Waals surface area contributed by atoms with Crippen molar-refractivity contribution in [3.05, 3.63) is 60.7 Å². The van der Waals surface area contributed by atoms with Crippen LogP contribution in [0.3, 0.4) is 0 Å². The fourth-order valence-corrected chi connectivity index (χ4v) is 2.45. The third kappa shape index (κ3) is 4.42. The van der Waals surface area contributed by atoms with Gasteiger partial charge in [0.15, 0.2) is 11.6 Å². The molecule has 0 amide bonds. The maximum Gasteiger partial charge on any atom is 0.153 e. The van der Waals surface area contributed by atoms with Gasteiger partial charge in [0.25, 0.3) is 0 Å². The van der Waals surface area contributed by atoms with Gasteiger partial charge in [0, 0.05) is 50.9 Å². The molecule has 0 unspecified atom stereocenters. The summed E-state index contributed by atoms with van der Waals surface area (Å²) in [5, 5.41) is 15.0. The molecule has 0 aliphatic carbocycles. The van der Waals surface area contributed by atoms with Gasteiger partial charge in [-0.2, -0.15) is 0 Å². The zero-order valence-electron chi connectivity index (χ0n) is 15.6. The number of benzene rings is 2. The molecule has 2 N–H and O–H groups in total. The third-order valence-electron chi connectivity index (χ3n) is 3.98. The van der Waals surface area contributed by atoms with E-state index in [1.54, 1.807) is 0 Å². The van der Waals surface area contributed by atoms with Crippen molar-refractivity contribution in [1.29, 1.82) is 0 Å². The van der Waals surface area contributed by atoms with Crippen LogP contribution in [0.1, 0.15) is 0 Å². The average Bonchev–Trinajstić information content (AvgIpc) is 2.64. The monoisotopic (exact) mass is 348 g/mol. The summed E-state index contributed by atoms with van der Waals surface area (Å²) < 4.78 is 0. The molecule has 1 heterocycles. The number of nitrogens with one attached hydrogen (secondary N) is 2. The normalized spacial score (nSPS) is 10.3. The van der Waals surface area contributed by atoms with Crippen molar-refractivity contribution >= 4 is 34.4 Å². The summed E-state index contributed by atoms with van der Waals surface area (Å²) in [4.78, 5) is 4.13. The van der Waals surface area contributed by atoms with Crippen molar-refractivity contribution in [3.8, 4) is 0 Å². The van der Waals surface area contributed by atoms with Crippen LogP contribution in [0.15, 0.2) is 60.7 Å². The smallest absolute Gasteiger partial charge is 0.153 e. The number of nitrogens with zero attached hydrogens (tertiary/aromatic N) is 4. The molecule has 0 aliphatic heterocycles. The van der Waals surface area contributed by atoms with Crippen molar-refractivity contribution < 1.29 is 0 Å². The van der Waals surface area contributed by atoms with Crippen LogP contribution in [-0.2, 0) is 0 Å². The Morgan fingerprint density at radius 3 is 1.15 bits per heavy atom. The van der Waals surface area contributed by atoms with Gasteiger partial charge in [-0.25, -0.2) is 0 Å². The van der Waals surface area contributed by atoms with Gasteiger partial charge in [-0.05, 0) is 60.7 Å². The first kappa shape index (κ1) is 17.5. The van der Waals surface area contributed by atoms with Crippen LogP contribution in [0, 0.1) is 0 Å². The molecule has 0 saturated heterocycles. The predicted octanol–water partition coefficient (Wildman–Crippen LogP) is 4.10. The summed E-state index contributed by atoms with van der Waals surface area (Å²) >= 11 is 0. The van der Waals surface area contributed by atoms with E-state index in [1.807, 2.05) is 64.6 Å². The van der Waals surface area contributed by atoms with Crippen LogP contribution < -0.4 is 20.4 Å². The Balaban J connectivity index is 1.62. The fourth-order valence-electron chi connectivity index (χ4n) is 2.45. The van der Waals surface area contributed by atoms with Gasteiger partial charge in [-0.15, -0.1) is 10.2 Å². The Hall–Kier alpha value is -3.28. The molecule has 3 aromatic rings. The summed E-state index contributed by atoms with van der Waals surface area (Å²) in [5.74, 6) is 1.41. The molecule has 0 atom stereocenters. The summed E-state index contributed by atoms with van der Waals surface area (Å²) in [6.07, 6.45) is 0. The lowest BCUT2D eigenvalue weighted by Gasteiger charge is -2.13. The minimum Gasteiger partial charge on any atom is -0.378 e. The number of rotatable bonds is 6. The second-order valence-corrected chi connectivity index (χ2v) is 6.44. The second kappa shape index (κ2) is 7.74. The Morgan fingerprint density at radius 1 is 0.538 bits per heavy atom. The molecule has 26 heavy (non-hydrogen) atoms. The SMILES string of the molecule is CN(C)c1ccc(Nc2ccc(Nc3ccc(N(C)C)cc3)nn2)cc1. The number of hydrogen-bond donors (Lipinski definition) is 2. The zero-order valence-corrected chi connectivity index (χ0v) is 15.6. The van der Waals surface area contributed by atoms with E-state index in [0.29, 0.717) is 11.6 Å². The Bertz CT molecular complexity index is 751. The van der Waals surface area contributed by atoms with Crippen molar-refractivity contribution in [2.45, 2.75) is 0 Å². The molecule has 0 radical (unpaired) electrons. The van der Waals surface area contributed by atoms with E-state index in [9.17, 15) is 0 Å². The van der Waals surface area contributed by atoms with Crippen LogP contribution >= 0.6 is 0 Å². The lowest BCUT2D eigenvalue weighted by Crippen LogP contribution is -2.08. The molecule has 0 aliphatic rings. The highest BCUT2D eigenvalue weighted by Gasteiger charge is 2.02. The van der Waals surface area contributed by atoms with E-state index in [1.165, 1.54) is 0 Å². The summed E-state index contributed by atoms with van der Waals surface area (Å²) in [6.45, 7) is 0. The minimum atomic E-state index is 0.705. The highest BCUT2D eigenvalue weighted by Crippen LogP contribution is 2.21. The Labute approximate surface area is 154 Å². The molecule has 0 bridgehead atoms. The molecule has 0 spiro atoms. The molecular formula is C20H24N6. The number of anilines is 6. The van der Waals surface area contributed by atoms with E-state index in [2.05, 4.69) is 54.9 Å². The number of aromatic nitrogens is 2. The van der Waals surface area contributed by atoms with Gasteiger partial charge in [0.05, 0.1) is 0 Å². The van der Waals surface area contributed by atoms with Crippen LogP contribution in [-0.4, -0.2) is 38.4 Å². The first-order valence-electron chi connectivity index (χ1n) is 8.44. The second-order valence-electron chi connectivity index (χ2n) is 6.44. The lowest BCUT2D eigenvalue weighted by atomic mass is 10.2. The summed E-state index contributed by atoms with van der Waals surface area (Å²) in [6, 6.07) is 20.1. The standard InChI is InChI=1S/C20H24N6/c1-25(2)17-9-5-15(6-10-17)21-19-13-14-20(24-23-19)22-16-7-11-18(12-8-16)26(3)4/h5-14H,1-4H3,(H,21,23)(H,22,24). The highest BCUT2D eigenvalue weighted by atomic mass is 15.2. The molecule has 6 heteroatoms. The molecule has 3 rings (SSSR count). The van der Waals surface area contributed by atoms with Gasteiger partial charge in [-0.1, -0.05) is 0 Å². The summed E-state index contributed by atoms with van der Waals surface area (Å²) in [5.41, 5.74) is 4.26. The molecule has 134 valence electrons. The van der Waals surface area contributed by atoms with Gasteiger partial charge >= 0.3 is 0 Å². The van der Waals surface area contributed by atoms with Crippen molar-refractivity contribution in [3.63, 3.8) is 0 Å². The highest BCUT2D eigenvalue weighted by molar-refractivity contribution is 5.63. The predicted molar refractivity (Wildman–Crippen MR) is 110 cm³/mol. The van der Waals surface area contributed by atoms with Crippen LogP contribution in [0.5, 0.6) is 0 Å². The van der Waals surface area contributed by atoms with Crippen LogP contribution in [0.25, 0.3) is 0 Å². The molecule has 0 fully saturated rings. The van der Waals surface area contributed by atoms with E-state index in [-0.39, 0.29) is 0 Å². The van der Waals surface area contributed by atoms with E-state index in [4.69, 9.17) is 0 Å². The first-order valence-corrected chi connectivity index (χ1v) is 8.44. The fraction of sp³-hybridized carbons (Fsp3) is 0.200. The first-order chi connectivity index (χ1) is 12.5. The largest absolute Gasteiger partial charge is 0.378 e. The van der Waals surface area contributed by atoms with E-state index in [0.717, 1.165) is 22.7 Å². The Morgan fingerprint density at radius 2 is 0.885 bits per heavy atom. The maximum absolute atomic E-state index is 4.23. The quantitative estimate of drug-likeness (QED) is 0.700. The molecule has 2 aromatic carbocycles. The maximum atomic E-state index is 4.23. The molecular weight excluding hydrogens is 324 g/mol. The van der Waals surface area contributed by atoms with E-state index >= 15 is 0 Å². The lowest BCUT2D eigenvalue weighted by molar-refractivity contribution is 1.04. The molecule has 0 saturated carbocycles. The van der Waals surface area contributed by atoms with Crippen LogP contribution in [0.4, 0.5) is 34.4 Å². The van der Waals surface area contributed by atoms with Gasteiger partial charge in [0.2, 0.25) is 0 Å². The average molecular weight is 348 g/mol. The number of hydrogen-bond acceptors (Lipinski definition) is 6. The van der Waals surface area contributed by atoms with Crippen molar-refractivity contribution in [2.24, 2.45) is 0 Å². The van der Waals surface area contributed by atoms with Crippen LogP contribution in [0.2, 0.25) is 0 Å². The van der Waals surface area contributed by atoms with Crippen molar-refractivity contribution in [2.75, 3.05) is 48.6 Å². The Kier molecular flexibility index (Phi) is 5.22. The molecule has 1 aromatic heterocycles. The topological polar surface area (TPSA) is 56.3 Å². The zero-order chi connectivity index (χ0) is 18.5. The summed E-state index contributed by atoms with van der Waals surface area (Å²) in [7, 11) is 8.09. The van der Waals surface area contributed by atoms with E-state index < -0.39 is 0 Å². The third-order valence-corrected chi connectivity index (χ3v) is 3.98. The van der Waals surface area contributed by atoms with Crippen molar-refractivity contribution in [1.82, 2.24) is 10.2 Å². The van der Waals surface area contributed by atoms with Gasteiger partial charge < -0.3 is 20.4 Å². The van der Waals surface area contributed by atoms with Gasteiger partial charge in [-0.3, -0.25) is 0 Å². The molecule has 6 nitrogen and oxygen atoms in total. The van der Waals surface area contributed by atoms with Gasteiger partial charge in [0.1, 0.15) is 0 Å².